The summed E-state index contributed by atoms with van der Waals surface area (Å²) in [5.41, 5.74) is 0.871. The zero-order valence-electron chi connectivity index (χ0n) is 14.9. The number of hydrogen-bond acceptors (Lipinski definition) is 4. The van der Waals surface area contributed by atoms with Crippen LogP contribution in [0.1, 0.15) is 49.0 Å². The summed E-state index contributed by atoms with van der Waals surface area (Å²) in [5.74, 6) is -0.0682. The summed E-state index contributed by atoms with van der Waals surface area (Å²) in [4.78, 5) is 12.6. The summed E-state index contributed by atoms with van der Waals surface area (Å²) < 4.78 is 11.4. The number of thiophene rings is 1. The highest BCUT2D eigenvalue weighted by Gasteiger charge is 2.24. The second-order valence-corrected chi connectivity index (χ2v) is 6.95. The third kappa shape index (κ3) is 5.49. The quantitative estimate of drug-likeness (QED) is 0.563. The number of para-hydroxylation sites is 1. The fourth-order valence-corrected chi connectivity index (χ4v) is 3.59. The number of hydrogen-bond donors (Lipinski definition) is 1. The van der Waals surface area contributed by atoms with Crippen molar-refractivity contribution < 1.29 is 19.4 Å². The highest BCUT2D eigenvalue weighted by atomic mass is 32.1. The van der Waals surface area contributed by atoms with Crippen LogP contribution in [0.15, 0.2) is 35.7 Å². The molecule has 1 heterocycles. The number of carbonyl (C=O) groups is 1. The third-order valence-corrected chi connectivity index (χ3v) is 5.12. The van der Waals surface area contributed by atoms with E-state index in [0.29, 0.717) is 24.5 Å². The van der Waals surface area contributed by atoms with Crippen LogP contribution in [-0.2, 0) is 11.2 Å². The maximum atomic E-state index is 11.7. The van der Waals surface area contributed by atoms with Crippen molar-refractivity contribution >= 4 is 17.3 Å². The Bertz CT molecular complexity index is 652. The molecule has 1 unspecified atom stereocenters. The Morgan fingerprint density at radius 2 is 2.04 bits per heavy atom. The second-order valence-electron chi connectivity index (χ2n) is 5.97. The normalized spacial score (nSPS) is 11.9. The van der Waals surface area contributed by atoms with E-state index in [0.717, 1.165) is 23.3 Å². The Morgan fingerprint density at radius 1 is 1.20 bits per heavy atom. The lowest BCUT2D eigenvalue weighted by Gasteiger charge is -2.17. The Hall–Kier alpha value is -2.01. The molecule has 2 aromatic rings. The van der Waals surface area contributed by atoms with Crippen molar-refractivity contribution in [2.45, 2.75) is 44.9 Å². The fourth-order valence-electron chi connectivity index (χ4n) is 2.77. The maximum absolute atomic E-state index is 11.7. The summed E-state index contributed by atoms with van der Waals surface area (Å²) in [6.45, 7) is 2.79. The van der Waals surface area contributed by atoms with Gasteiger partial charge in [0.2, 0.25) is 0 Å². The number of carboxylic acid groups (broad SMARTS) is 1. The highest BCUT2D eigenvalue weighted by Crippen LogP contribution is 2.35. The highest BCUT2D eigenvalue weighted by molar-refractivity contribution is 7.10. The molecule has 0 radical (unpaired) electrons. The molecule has 0 saturated heterocycles. The number of aliphatic carboxylic acids is 1. The number of ether oxygens (including phenoxy) is 2. The average molecular weight is 362 g/mol. The van der Waals surface area contributed by atoms with E-state index in [9.17, 15) is 9.90 Å². The average Bonchev–Trinajstić information content (AvgIpc) is 3.13. The molecular formula is C20H26O4S. The maximum Gasteiger partial charge on any atom is 0.312 e. The smallest absolute Gasteiger partial charge is 0.312 e. The number of methoxy groups -OCH3 is 1. The molecule has 0 amide bonds. The van der Waals surface area contributed by atoms with Crippen molar-refractivity contribution in [1.29, 1.82) is 0 Å². The zero-order valence-corrected chi connectivity index (χ0v) is 15.7. The Kier molecular flexibility index (Phi) is 7.79. The van der Waals surface area contributed by atoms with E-state index in [1.807, 2.05) is 35.7 Å². The Balaban J connectivity index is 2.16. The van der Waals surface area contributed by atoms with E-state index >= 15 is 0 Å². The van der Waals surface area contributed by atoms with Gasteiger partial charge in [-0.25, -0.2) is 0 Å². The van der Waals surface area contributed by atoms with Crippen LogP contribution in [0.3, 0.4) is 0 Å². The lowest BCUT2D eigenvalue weighted by Crippen LogP contribution is -2.14. The van der Waals surface area contributed by atoms with Gasteiger partial charge in [-0.15, -0.1) is 11.3 Å². The molecule has 136 valence electrons. The van der Waals surface area contributed by atoms with E-state index < -0.39 is 11.9 Å². The molecule has 2 rings (SSSR count). The van der Waals surface area contributed by atoms with Crippen molar-refractivity contribution in [1.82, 2.24) is 0 Å². The minimum Gasteiger partial charge on any atom is -0.493 e. The molecule has 0 aliphatic carbocycles. The molecule has 0 bridgehead atoms. The van der Waals surface area contributed by atoms with E-state index in [4.69, 9.17) is 9.47 Å². The van der Waals surface area contributed by atoms with Crippen molar-refractivity contribution in [3.63, 3.8) is 0 Å². The number of carboxylic acids is 1. The first-order valence-electron chi connectivity index (χ1n) is 8.72. The van der Waals surface area contributed by atoms with E-state index in [-0.39, 0.29) is 0 Å². The Labute approximate surface area is 153 Å². The van der Waals surface area contributed by atoms with Crippen LogP contribution in [0.2, 0.25) is 0 Å². The predicted molar refractivity (Wildman–Crippen MR) is 101 cm³/mol. The van der Waals surface area contributed by atoms with Gasteiger partial charge in [0.05, 0.1) is 19.6 Å². The molecule has 1 aromatic carbocycles. The first-order valence-corrected chi connectivity index (χ1v) is 9.60. The van der Waals surface area contributed by atoms with Crippen molar-refractivity contribution in [2.75, 3.05) is 13.7 Å². The SMILES string of the molecule is CCCCCCOc1c(CC(C(=O)O)c2cccs2)cccc1OC. The van der Waals surface area contributed by atoms with Gasteiger partial charge in [-0.2, -0.15) is 0 Å². The molecular weight excluding hydrogens is 336 g/mol. The third-order valence-electron chi connectivity index (χ3n) is 4.13. The first-order chi connectivity index (χ1) is 12.2. The monoisotopic (exact) mass is 362 g/mol. The summed E-state index contributed by atoms with van der Waals surface area (Å²) in [6, 6.07) is 9.41. The Morgan fingerprint density at radius 3 is 2.68 bits per heavy atom. The molecule has 0 spiro atoms. The van der Waals surface area contributed by atoms with Crippen molar-refractivity contribution in [3.05, 3.63) is 46.2 Å². The van der Waals surface area contributed by atoms with Gasteiger partial charge in [-0.3, -0.25) is 4.79 Å². The minimum atomic E-state index is -0.820. The van der Waals surface area contributed by atoms with Gasteiger partial charge < -0.3 is 14.6 Å². The molecule has 0 fully saturated rings. The van der Waals surface area contributed by atoms with Crippen LogP contribution >= 0.6 is 11.3 Å². The number of benzene rings is 1. The van der Waals surface area contributed by atoms with Gasteiger partial charge in [0.25, 0.3) is 0 Å². The molecule has 25 heavy (non-hydrogen) atoms. The predicted octanol–water partition coefficient (Wildman–Crippen LogP) is 5.13. The molecule has 0 aliphatic rings. The summed E-state index contributed by atoms with van der Waals surface area (Å²) in [5, 5.41) is 11.5. The molecule has 1 aromatic heterocycles. The lowest BCUT2D eigenvalue weighted by molar-refractivity contribution is -0.138. The molecule has 1 N–H and O–H groups in total. The molecule has 1 atom stereocenters. The van der Waals surface area contributed by atoms with Crippen molar-refractivity contribution in [2.24, 2.45) is 0 Å². The molecule has 4 nitrogen and oxygen atoms in total. The largest absolute Gasteiger partial charge is 0.493 e. The number of rotatable bonds is 11. The lowest BCUT2D eigenvalue weighted by atomic mass is 9.97. The van der Waals surface area contributed by atoms with Crippen LogP contribution < -0.4 is 9.47 Å². The molecule has 0 aliphatic heterocycles. The van der Waals surface area contributed by atoms with E-state index in [2.05, 4.69) is 6.92 Å². The first kappa shape index (κ1) is 19.3. The molecule has 5 heteroatoms. The second kappa shape index (κ2) is 10.1. The van der Waals surface area contributed by atoms with Gasteiger partial charge >= 0.3 is 5.97 Å². The standard InChI is InChI=1S/C20H26O4S/c1-3-4-5-6-12-24-19-15(9-7-10-17(19)23-2)14-16(20(21)22)18-11-8-13-25-18/h7-11,13,16H,3-6,12,14H2,1-2H3,(H,21,22). The summed E-state index contributed by atoms with van der Waals surface area (Å²) in [6.07, 6.45) is 4.88. The fraction of sp³-hybridized carbons (Fsp3) is 0.450. The summed E-state index contributed by atoms with van der Waals surface area (Å²) >= 11 is 1.47. The topological polar surface area (TPSA) is 55.8 Å². The van der Waals surface area contributed by atoms with Crippen LogP contribution in [0, 0.1) is 0 Å². The van der Waals surface area contributed by atoms with E-state index in [1.54, 1.807) is 7.11 Å². The van der Waals surface area contributed by atoms with Crippen LogP contribution in [-0.4, -0.2) is 24.8 Å². The van der Waals surface area contributed by atoms with Crippen LogP contribution in [0.5, 0.6) is 11.5 Å². The summed E-state index contributed by atoms with van der Waals surface area (Å²) in [7, 11) is 1.61. The van der Waals surface area contributed by atoms with Gasteiger partial charge in [-0.1, -0.05) is 44.4 Å². The van der Waals surface area contributed by atoms with Crippen LogP contribution in [0.4, 0.5) is 0 Å². The molecule has 0 saturated carbocycles. The van der Waals surface area contributed by atoms with E-state index in [1.165, 1.54) is 24.2 Å². The van der Waals surface area contributed by atoms with Gasteiger partial charge in [0, 0.05) is 4.88 Å². The van der Waals surface area contributed by atoms with Gasteiger partial charge in [0.15, 0.2) is 11.5 Å². The zero-order chi connectivity index (χ0) is 18.1. The number of unbranched alkanes of at least 4 members (excludes halogenated alkanes) is 3. The van der Waals surface area contributed by atoms with Crippen LogP contribution in [0.25, 0.3) is 0 Å². The van der Waals surface area contributed by atoms with Gasteiger partial charge in [0.1, 0.15) is 0 Å². The van der Waals surface area contributed by atoms with Crippen molar-refractivity contribution in [3.8, 4) is 11.5 Å². The minimum absolute atomic E-state index is 0.386. The van der Waals surface area contributed by atoms with Gasteiger partial charge in [-0.05, 0) is 35.9 Å².